The molecule has 2 aliphatic rings. The van der Waals surface area contributed by atoms with Crippen molar-refractivity contribution in [3.05, 3.63) is 59.5 Å². The van der Waals surface area contributed by atoms with Gasteiger partial charge >= 0.3 is 18.0 Å². The molecule has 0 bridgehead atoms. The zero-order valence-corrected chi connectivity index (χ0v) is 15.2. The normalized spacial score (nSPS) is 15.9. The fraction of sp³-hybridized carbons (Fsp3) is 0.211. The van der Waals surface area contributed by atoms with Crippen molar-refractivity contribution in [2.75, 3.05) is 31.5 Å². The number of carbonyl (C=O) groups is 3. The van der Waals surface area contributed by atoms with Gasteiger partial charge in [-0.05, 0) is 35.9 Å². The number of urea groups is 1. The van der Waals surface area contributed by atoms with Crippen molar-refractivity contribution in [1.29, 1.82) is 0 Å². The molecule has 0 fully saturated rings. The lowest BCUT2D eigenvalue weighted by molar-refractivity contribution is -0.139. The van der Waals surface area contributed by atoms with Gasteiger partial charge in [0.25, 0.3) is 0 Å². The Kier molecular flexibility index (Phi) is 4.98. The van der Waals surface area contributed by atoms with E-state index in [2.05, 4.69) is 5.32 Å². The molecule has 140 valence electrons. The van der Waals surface area contributed by atoms with Crippen LogP contribution in [0.15, 0.2) is 53.9 Å². The highest BCUT2D eigenvalue weighted by Gasteiger charge is 2.28. The quantitative estimate of drug-likeness (QED) is 0.822. The van der Waals surface area contributed by atoms with Gasteiger partial charge in [-0.2, -0.15) is 0 Å². The van der Waals surface area contributed by atoms with E-state index in [4.69, 9.17) is 9.47 Å². The molecule has 1 N–H and O–H groups in total. The molecule has 0 atom stereocenters. The van der Waals surface area contributed by atoms with Gasteiger partial charge in [0.15, 0.2) is 0 Å². The lowest BCUT2D eigenvalue weighted by Crippen LogP contribution is -2.35. The van der Waals surface area contributed by atoms with Crippen LogP contribution in [0, 0.1) is 0 Å². The van der Waals surface area contributed by atoms with Gasteiger partial charge in [0.05, 0.1) is 19.8 Å². The maximum atomic E-state index is 12.5. The smallest absolute Gasteiger partial charge is 0.355 e. The molecule has 0 radical (unpaired) electrons. The fourth-order valence-corrected chi connectivity index (χ4v) is 2.89. The first-order valence-corrected chi connectivity index (χ1v) is 8.16. The summed E-state index contributed by atoms with van der Waals surface area (Å²) >= 11 is 0. The number of carbonyl (C=O) groups excluding carboxylic acids is 3. The maximum Gasteiger partial charge on any atom is 0.355 e. The zero-order chi connectivity index (χ0) is 19.6. The Morgan fingerprint density at radius 3 is 2.56 bits per heavy atom. The lowest BCUT2D eigenvalue weighted by atomic mass is 10.1. The van der Waals surface area contributed by atoms with Crippen LogP contribution in [-0.2, 0) is 25.6 Å². The van der Waals surface area contributed by atoms with Crippen LogP contribution in [0.1, 0.15) is 5.56 Å². The summed E-state index contributed by atoms with van der Waals surface area (Å²) in [5.41, 5.74) is 2.35. The molecule has 0 aromatic heterocycles. The summed E-state index contributed by atoms with van der Waals surface area (Å²) in [6, 6.07) is 5.17. The third-order valence-electron chi connectivity index (χ3n) is 4.25. The fourth-order valence-electron chi connectivity index (χ4n) is 2.89. The standard InChI is InChI=1S/C19H19N3O5/c1-21-11-12-10-13(7-8-15(12)20-19(21)25)22-9-5-4-6-14(17(23)26-2)16(22)18(24)27-3/h4-10H,11H2,1-3H3,(H,20,25). The highest BCUT2D eigenvalue weighted by Crippen LogP contribution is 2.31. The highest BCUT2D eigenvalue weighted by molar-refractivity contribution is 6.05. The topological polar surface area (TPSA) is 88.2 Å². The number of rotatable bonds is 3. The molecule has 8 nitrogen and oxygen atoms in total. The van der Waals surface area contributed by atoms with Gasteiger partial charge in [0.1, 0.15) is 5.70 Å². The molecule has 1 aromatic rings. The Morgan fingerprint density at radius 1 is 1.11 bits per heavy atom. The maximum absolute atomic E-state index is 12.5. The second-order valence-corrected chi connectivity index (χ2v) is 5.94. The molecule has 0 saturated carbocycles. The van der Waals surface area contributed by atoms with E-state index in [0.29, 0.717) is 17.9 Å². The third-order valence-corrected chi connectivity index (χ3v) is 4.25. The average Bonchev–Trinajstić information content (AvgIpc) is 2.90. The largest absolute Gasteiger partial charge is 0.465 e. The molecule has 2 aliphatic heterocycles. The molecule has 0 unspecified atom stereocenters. The van der Waals surface area contributed by atoms with Crippen molar-refractivity contribution in [2.45, 2.75) is 6.54 Å². The average molecular weight is 369 g/mol. The molecule has 27 heavy (non-hydrogen) atoms. The molecule has 0 aliphatic carbocycles. The minimum absolute atomic E-state index is 0.0440. The van der Waals surface area contributed by atoms with E-state index in [1.54, 1.807) is 47.3 Å². The van der Waals surface area contributed by atoms with E-state index in [9.17, 15) is 14.4 Å². The van der Waals surface area contributed by atoms with Crippen molar-refractivity contribution < 1.29 is 23.9 Å². The number of nitrogens with one attached hydrogen (secondary N) is 1. The number of methoxy groups -OCH3 is 2. The molecular formula is C19H19N3O5. The summed E-state index contributed by atoms with van der Waals surface area (Å²) in [6.45, 7) is 0.423. The monoisotopic (exact) mass is 369 g/mol. The molecule has 0 saturated heterocycles. The van der Waals surface area contributed by atoms with E-state index in [1.165, 1.54) is 20.3 Å². The number of amides is 2. The van der Waals surface area contributed by atoms with E-state index in [0.717, 1.165) is 5.56 Å². The van der Waals surface area contributed by atoms with Crippen LogP contribution in [0.2, 0.25) is 0 Å². The van der Waals surface area contributed by atoms with Crippen LogP contribution in [0.3, 0.4) is 0 Å². The summed E-state index contributed by atoms with van der Waals surface area (Å²) in [4.78, 5) is 39.5. The number of allylic oxidation sites excluding steroid dienone is 2. The molecule has 2 amide bonds. The van der Waals surface area contributed by atoms with Crippen molar-refractivity contribution >= 4 is 29.3 Å². The number of hydrogen-bond donors (Lipinski definition) is 1. The van der Waals surface area contributed by atoms with Crippen LogP contribution in [0.5, 0.6) is 0 Å². The number of anilines is 2. The Morgan fingerprint density at radius 2 is 1.85 bits per heavy atom. The molecule has 3 rings (SSSR count). The Bertz CT molecular complexity index is 901. The van der Waals surface area contributed by atoms with Gasteiger partial charge in [-0.3, -0.25) is 0 Å². The second kappa shape index (κ2) is 7.36. The number of ether oxygens (including phenoxy) is 2. The summed E-state index contributed by atoms with van der Waals surface area (Å²) in [5.74, 6) is -1.32. The second-order valence-electron chi connectivity index (χ2n) is 5.94. The molecule has 2 heterocycles. The minimum Gasteiger partial charge on any atom is -0.465 e. The van der Waals surface area contributed by atoms with Crippen LogP contribution in [0.25, 0.3) is 0 Å². The number of fused-ring (bicyclic) bond motifs is 1. The van der Waals surface area contributed by atoms with Crippen molar-refractivity contribution in [2.24, 2.45) is 0 Å². The summed E-state index contributed by atoms with van der Waals surface area (Å²) < 4.78 is 9.69. The van der Waals surface area contributed by atoms with Crippen molar-refractivity contribution in [1.82, 2.24) is 4.90 Å². The first-order valence-electron chi connectivity index (χ1n) is 8.16. The Labute approximate surface area is 156 Å². The number of nitrogens with zero attached hydrogens (tertiary/aromatic N) is 2. The summed E-state index contributed by atoms with van der Waals surface area (Å²) in [7, 11) is 4.19. The van der Waals surface area contributed by atoms with Gasteiger partial charge < -0.3 is 24.6 Å². The van der Waals surface area contributed by atoms with Crippen molar-refractivity contribution in [3.8, 4) is 0 Å². The van der Waals surface area contributed by atoms with Gasteiger partial charge in [0.2, 0.25) is 0 Å². The van der Waals surface area contributed by atoms with Gasteiger partial charge in [-0.15, -0.1) is 0 Å². The van der Waals surface area contributed by atoms with Crippen LogP contribution in [0.4, 0.5) is 16.2 Å². The Balaban J connectivity index is 2.11. The van der Waals surface area contributed by atoms with E-state index in [1.807, 2.05) is 6.07 Å². The van der Waals surface area contributed by atoms with E-state index < -0.39 is 11.9 Å². The number of hydrogen-bond acceptors (Lipinski definition) is 6. The number of benzene rings is 1. The highest BCUT2D eigenvalue weighted by atomic mass is 16.5. The van der Waals surface area contributed by atoms with Crippen LogP contribution < -0.4 is 10.2 Å². The third kappa shape index (κ3) is 3.41. The van der Waals surface area contributed by atoms with Gasteiger partial charge in [0, 0.05) is 31.2 Å². The van der Waals surface area contributed by atoms with E-state index >= 15 is 0 Å². The van der Waals surface area contributed by atoms with Crippen LogP contribution >= 0.6 is 0 Å². The lowest BCUT2D eigenvalue weighted by Gasteiger charge is -2.28. The molecular weight excluding hydrogens is 350 g/mol. The summed E-state index contributed by atoms with van der Waals surface area (Å²) in [6.07, 6.45) is 6.50. The van der Waals surface area contributed by atoms with Crippen LogP contribution in [-0.4, -0.2) is 44.1 Å². The SMILES string of the molecule is COC(=O)C1=C(C(=O)OC)N(c2ccc3c(c2)CN(C)C(=O)N3)C=CC=C1. The van der Waals surface area contributed by atoms with Gasteiger partial charge in [-0.1, -0.05) is 6.08 Å². The first kappa shape index (κ1) is 18.2. The predicted molar refractivity (Wildman–Crippen MR) is 98.7 cm³/mol. The van der Waals surface area contributed by atoms with E-state index in [-0.39, 0.29) is 17.3 Å². The van der Waals surface area contributed by atoms with Crippen molar-refractivity contribution in [3.63, 3.8) is 0 Å². The predicted octanol–water partition coefficient (Wildman–Crippen LogP) is 2.15. The zero-order valence-electron chi connectivity index (χ0n) is 15.2. The molecule has 8 heteroatoms. The Hall–Kier alpha value is -3.55. The summed E-state index contributed by atoms with van der Waals surface area (Å²) in [5, 5.41) is 2.79. The minimum atomic E-state index is -0.672. The van der Waals surface area contributed by atoms with Gasteiger partial charge in [-0.25, -0.2) is 14.4 Å². The number of esters is 2. The first-order chi connectivity index (χ1) is 13.0. The molecule has 0 spiro atoms. The molecule has 1 aromatic carbocycles.